The number of piperazine rings is 1. The maximum atomic E-state index is 13.4. The first kappa shape index (κ1) is 18.7. The smallest absolute Gasteiger partial charge is 0.315 e. The molecule has 1 heterocycles. The highest BCUT2D eigenvalue weighted by Crippen LogP contribution is 2.05. The highest BCUT2D eigenvalue weighted by molar-refractivity contribution is 5.73. The molecule has 0 aliphatic carbocycles. The number of unbranched alkanes of at least 4 members (excludes halogenated alkanes) is 1. The molecule has 2 N–H and O–H groups in total. The lowest BCUT2D eigenvalue weighted by Gasteiger charge is -2.33. The van der Waals surface area contributed by atoms with Crippen molar-refractivity contribution in [3.63, 3.8) is 0 Å². The van der Waals surface area contributed by atoms with E-state index in [0.717, 1.165) is 52.1 Å². The summed E-state index contributed by atoms with van der Waals surface area (Å²) in [5, 5.41) is 5.51. The number of rotatable bonds is 8. The van der Waals surface area contributed by atoms with Crippen molar-refractivity contribution >= 4 is 6.03 Å². The number of urea groups is 1. The van der Waals surface area contributed by atoms with Crippen molar-refractivity contribution in [2.75, 3.05) is 45.8 Å². The molecule has 1 aromatic carbocycles. The van der Waals surface area contributed by atoms with Gasteiger partial charge in [0.2, 0.25) is 0 Å². The Kier molecular flexibility index (Phi) is 7.98. The highest BCUT2D eigenvalue weighted by Gasteiger charge is 2.14. The number of amides is 2. The number of halogens is 1. The third-order valence-corrected chi connectivity index (χ3v) is 4.50. The zero-order valence-electron chi connectivity index (χ0n) is 14.6. The first-order chi connectivity index (χ1) is 11.7. The van der Waals surface area contributed by atoms with Crippen LogP contribution in [0.4, 0.5) is 9.18 Å². The van der Waals surface area contributed by atoms with Gasteiger partial charge in [0.05, 0.1) is 0 Å². The van der Waals surface area contributed by atoms with E-state index < -0.39 is 0 Å². The van der Waals surface area contributed by atoms with E-state index in [1.807, 2.05) is 0 Å². The Morgan fingerprint density at radius 2 is 1.79 bits per heavy atom. The Labute approximate surface area is 144 Å². The van der Waals surface area contributed by atoms with Crippen LogP contribution >= 0.6 is 0 Å². The molecule has 0 unspecified atom stereocenters. The van der Waals surface area contributed by atoms with E-state index in [0.29, 0.717) is 12.1 Å². The van der Waals surface area contributed by atoms with Crippen LogP contribution < -0.4 is 10.6 Å². The number of carbonyl (C=O) groups is 1. The number of hydrogen-bond donors (Lipinski definition) is 2. The van der Waals surface area contributed by atoms with Crippen LogP contribution in [0.5, 0.6) is 0 Å². The number of benzene rings is 1. The summed E-state index contributed by atoms with van der Waals surface area (Å²) in [6.07, 6.45) is 2.04. The molecule has 2 amide bonds. The second kappa shape index (κ2) is 10.3. The summed E-state index contributed by atoms with van der Waals surface area (Å²) in [4.78, 5) is 16.7. The molecule has 0 atom stereocenters. The summed E-state index contributed by atoms with van der Waals surface area (Å²) in [7, 11) is 0. The van der Waals surface area contributed by atoms with E-state index in [1.54, 1.807) is 18.2 Å². The van der Waals surface area contributed by atoms with Gasteiger partial charge in [-0.15, -0.1) is 0 Å². The number of carbonyl (C=O) groups excluding carboxylic acids is 1. The zero-order chi connectivity index (χ0) is 17.2. The Hall–Kier alpha value is -1.66. The molecular weight excluding hydrogens is 307 g/mol. The Bertz CT molecular complexity index is 504. The standard InChI is InChI=1S/C18H29FN4O/c1-2-22-11-13-23(14-12-22)10-6-5-9-20-18(24)21-15-16-7-3-4-8-17(16)19/h3-4,7-8H,2,5-6,9-15H2,1H3,(H2,20,21,24). The topological polar surface area (TPSA) is 47.6 Å². The van der Waals surface area contributed by atoms with Crippen molar-refractivity contribution in [3.8, 4) is 0 Å². The quantitative estimate of drug-likeness (QED) is 0.714. The molecule has 1 aromatic rings. The molecule has 1 aliphatic heterocycles. The lowest BCUT2D eigenvalue weighted by Crippen LogP contribution is -2.46. The van der Waals surface area contributed by atoms with Crippen LogP contribution in [0.1, 0.15) is 25.3 Å². The molecule has 0 aromatic heterocycles. The lowest BCUT2D eigenvalue weighted by molar-refractivity contribution is 0.135. The molecule has 0 radical (unpaired) electrons. The van der Waals surface area contributed by atoms with Crippen LogP contribution in [-0.4, -0.2) is 61.6 Å². The Morgan fingerprint density at radius 3 is 2.50 bits per heavy atom. The van der Waals surface area contributed by atoms with Gasteiger partial charge in [0, 0.05) is 44.8 Å². The minimum Gasteiger partial charge on any atom is -0.338 e. The van der Waals surface area contributed by atoms with Crippen LogP contribution in [0.15, 0.2) is 24.3 Å². The molecule has 0 saturated carbocycles. The molecule has 0 spiro atoms. The first-order valence-corrected chi connectivity index (χ1v) is 8.89. The van der Waals surface area contributed by atoms with Crippen molar-refractivity contribution in [1.29, 1.82) is 0 Å². The normalized spacial score (nSPS) is 16.1. The third-order valence-electron chi connectivity index (χ3n) is 4.50. The van der Waals surface area contributed by atoms with Crippen molar-refractivity contribution in [2.24, 2.45) is 0 Å². The minimum absolute atomic E-state index is 0.209. The fraction of sp³-hybridized carbons (Fsp3) is 0.611. The van der Waals surface area contributed by atoms with Crippen molar-refractivity contribution in [2.45, 2.75) is 26.3 Å². The zero-order valence-corrected chi connectivity index (χ0v) is 14.6. The van der Waals surface area contributed by atoms with E-state index in [4.69, 9.17) is 0 Å². The maximum absolute atomic E-state index is 13.4. The van der Waals surface area contributed by atoms with Crippen molar-refractivity contribution in [1.82, 2.24) is 20.4 Å². The van der Waals surface area contributed by atoms with Gasteiger partial charge in [0.1, 0.15) is 5.82 Å². The van der Waals surface area contributed by atoms with Gasteiger partial charge in [-0.05, 0) is 32.0 Å². The Morgan fingerprint density at radius 1 is 1.08 bits per heavy atom. The summed E-state index contributed by atoms with van der Waals surface area (Å²) >= 11 is 0. The van der Waals surface area contributed by atoms with Gasteiger partial charge in [-0.3, -0.25) is 0 Å². The summed E-state index contributed by atoms with van der Waals surface area (Å²) in [6, 6.07) is 6.23. The van der Waals surface area contributed by atoms with Crippen LogP contribution in [0.2, 0.25) is 0 Å². The fourth-order valence-electron chi connectivity index (χ4n) is 2.87. The molecule has 1 aliphatic rings. The molecule has 5 nitrogen and oxygen atoms in total. The lowest BCUT2D eigenvalue weighted by atomic mass is 10.2. The Balaban J connectivity index is 1.50. The van der Waals surface area contributed by atoms with E-state index >= 15 is 0 Å². The van der Waals surface area contributed by atoms with Crippen LogP contribution in [-0.2, 0) is 6.54 Å². The van der Waals surface area contributed by atoms with Gasteiger partial charge in [-0.25, -0.2) is 9.18 Å². The number of nitrogens with one attached hydrogen (secondary N) is 2. The molecule has 2 rings (SSSR count). The SMILES string of the molecule is CCN1CCN(CCCCNC(=O)NCc2ccccc2F)CC1. The number of likely N-dealkylation sites (N-methyl/N-ethyl adjacent to an activating group) is 1. The third kappa shape index (κ3) is 6.45. The molecule has 6 heteroatoms. The van der Waals surface area contributed by atoms with E-state index in [9.17, 15) is 9.18 Å². The van der Waals surface area contributed by atoms with Crippen molar-refractivity contribution in [3.05, 3.63) is 35.6 Å². The number of hydrogen-bond acceptors (Lipinski definition) is 3. The summed E-state index contributed by atoms with van der Waals surface area (Å²) in [6.45, 7) is 9.90. The largest absolute Gasteiger partial charge is 0.338 e. The fourth-order valence-corrected chi connectivity index (χ4v) is 2.87. The van der Waals surface area contributed by atoms with Gasteiger partial charge >= 0.3 is 6.03 Å². The molecule has 0 bridgehead atoms. The number of nitrogens with zero attached hydrogens (tertiary/aromatic N) is 2. The second-order valence-corrected chi connectivity index (χ2v) is 6.18. The van der Waals surface area contributed by atoms with E-state index in [2.05, 4.69) is 27.4 Å². The van der Waals surface area contributed by atoms with Gasteiger partial charge in [0.15, 0.2) is 0 Å². The predicted octanol–water partition coefficient (Wildman–Crippen LogP) is 2.04. The average molecular weight is 336 g/mol. The maximum Gasteiger partial charge on any atom is 0.315 e. The first-order valence-electron chi connectivity index (χ1n) is 8.89. The molecular formula is C18H29FN4O. The highest BCUT2D eigenvalue weighted by atomic mass is 19.1. The van der Waals surface area contributed by atoms with Crippen LogP contribution in [0.25, 0.3) is 0 Å². The monoisotopic (exact) mass is 336 g/mol. The van der Waals surface area contributed by atoms with Gasteiger partial charge in [-0.1, -0.05) is 25.1 Å². The summed E-state index contributed by atoms with van der Waals surface area (Å²) < 4.78 is 13.4. The summed E-state index contributed by atoms with van der Waals surface area (Å²) in [5.41, 5.74) is 0.499. The van der Waals surface area contributed by atoms with Gasteiger partial charge in [-0.2, -0.15) is 0 Å². The average Bonchev–Trinajstić information content (AvgIpc) is 2.61. The van der Waals surface area contributed by atoms with E-state index in [-0.39, 0.29) is 18.4 Å². The van der Waals surface area contributed by atoms with Crippen LogP contribution in [0, 0.1) is 5.82 Å². The van der Waals surface area contributed by atoms with Gasteiger partial charge in [0.25, 0.3) is 0 Å². The molecule has 1 fully saturated rings. The van der Waals surface area contributed by atoms with E-state index in [1.165, 1.54) is 6.07 Å². The summed E-state index contributed by atoms with van der Waals surface area (Å²) in [5.74, 6) is -0.291. The molecule has 134 valence electrons. The van der Waals surface area contributed by atoms with Crippen LogP contribution in [0.3, 0.4) is 0 Å². The van der Waals surface area contributed by atoms with Gasteiger partial charge < -0.3 is 20.4 Å². The minimum atomic E-state index is -0.291. The predicted molar refractivity (Wildman–Crippen MR) is 94.4 cm³/mol. The molecule has 1 saturated heterocycles. The molecule has 24 heavy (non-hydrogen) atoms. The van der Waals surface area contributed by atoms with Crippen molar-refractivity contribution < 1.29 is 9.18 Å². The second-order valence-electron chi connectivity index (χ2n) is 6.18.